The van der Waals surface area contributed by atoms with Gasteiger partial charge in [0.15, 0.2) is 0 Å². The van der Waals surface area contributed by atoms with Gasteiger partial charge in [-0.25, -0.2) is 0 Å². The van der Waals surface area contributed by atoms with E-state index in [0.29, 0.717) is 0 Å². The fourth-order valence-corrected chi connectivity index (χ4v) is 11.1. The standard InChI is InChI=1S/C64H58N2/c1-62(2,3)46-33-31-43(32-34-46)60-51-38-36-49(66-58-27-17-14-24-55(58)64(6,7)56-25-15-18-28-59(56)66)41-53(51)61(45-30-29-42-19-11-12-20-44(42)39-45)50-37-35-48(40-52(50)60)65-57-26-16-13-23-54(57)63(4,5)47-21-9-8-10-22-47/h8-34,36-41,48,65H,35H2,1-7H3. The Morgan fingerprint density at radius 1 is 0.515 bits per heavy atom. The number of para-hydroxylation sites is 3. The SMILES string of the molecule is CC(C)(C)c1ccc(-c2c3c(c(-c4ccc5ccccc5c4)c4cc(N5c6ccccc6C(C)(C)c6ccccc65)ccc24)=CCC(Nc2ccccc2C(C)(C)c2ccccc2)C=3)cc1. The average molecular weight is 855 g/mol. The van der Waals surface area contributed by atoms with Crippen molar-refractivity contribution in [2.75, 3.05) is 10.2 Å². The van der Waals surface area contributed by atoms with E-state index in [1.807, 2.05) is 0 Å². The first kappa shape index (κ1) is 41.5. The van der Waals surface area contributed by atoms with E-state index >= 15 is 0 Å². The van der Waals surface area contributed by atoms with Crippen LogP contribution in [0.1, 0.15) is 82.7 Å². The van der Waals surface area contributed by atoms with Crippen molar-refractivity contribution < 1.29 is 0 Å². The van der Waals surface area contributed by atoms with E-state index in [9.17, 15) is 0 Å². The minimum absolute atomic E-state index is 0.0420. The average Bonchev–Trinajstić information content (AvgIpc) is 3.33. The van der Waals surface area contributed by atoms with E-state index in [1.165, 1.54) is 99.1 Å². The largest absolute Gasteiger partial charge is 0.378 e. The van der Waals surface area contributed by atoms with E-state index in [-0.39, 0.29) is 22.3 Å². The van der Waals surface area contributed by atoms with Gasteiger partial charge in [-0.1, -0.05) is 212 Å². The smallest absolute Gasteiger partial charge is 0.0502 e. The topological polar surface area (TPSA) is 15.3 Å². The third-order valence-electron chi connectivity index (χ3n) is 14.7. The number of fused-ring (bicyclic) bond motifs is 5. The lowest BCUT2D eigenvalue weighted by atomic mass is 9.73. The molecule has 66 heavy (non-hydrogen) atoms. The Hall–Kier alpha value is -7.16. The number of nitrogens with zero attached hydrogens (tertiary/aromatic N) is 1. The molecule has 0 fully saturated rings. The number of rotatable bonds is 7. The molecule has 9 aromatic carbocycles. The predicted molar refractivity (Wildman–Crippen MR) is 283 cm³/mol. The molecule has 0 radical (unpaired) electrons. The highest BCUT2D eigenvalue weighted by Crippen LogP contribution is 2.52. The first-order valence-electron chi connectivity index (χ1n) is 23.7. The predicted octanol–water partition coefficient (Wildman–Crippen LogP) is 15.5. The number of hydrogen-bond acceptors (Lipinski definition) is 2. The third kappa shape index (κ3) is 6.94. The van der Waals surface area contributed by atoms with Crippen molar-refractivity contribution in [2.24, 2.45) is 0 Å². The van der Waals surface area contributed by atoms with Gasteiger partial charge >= 0.3 is 0 Å². The molecule has 2 aliphatic rings. The van der Waals surface area contributed by atoms with Crippen molar-refractivity contribution in [3.05, 3.63) is 226 Å². The highest BCUT2D eigenvalue weighted by atomic mass is 15.2. The van der Waals surface area contributed by atoms with E-state index in [2.05, 4.69) is 259 Å². The second kappa shape index (κ2) is 15.8. The number of hydrogen-bond donors (Lipinski definition) is 1. The molecule has 2 nitrogen and oxygen atoms in total. The summed E-state index contributed by atoms with van der Waals surface area (Å²) in [4.78, 5) is 2.50. The van der Waals surface area contributed by atoms with Crippen LogP contribution in [-0.2, 0) is 16.2 Å². The van der Waals surface area contributed by atoms with E-state index in [0.717, 1.165) is 12.1 Å². The lowest BCUT2D eigenvalue weighted by molar-refractivity contribution is 0.590. The molecule has 1 heterocycles. The molecule has 9 aromatic rings. The van der Waals surface area contributed by atoms with Crippen molar-refractivity contribution in [1.29, 1.82) is 0 Å². The number of nitrogens with one attached hydrogen (secondary N) is 1. The van der Waals surface area contributed by atoms with Crippen LogP contribution in [-0.4, -0.2) is 6.04 Å². The minimum atomic E-state index is -0.191. The summed E-state index contributed by atoms with van der Waals surface area (Å²) >= 11 is 0. The molecule has 0 aromatic heterocycles. The minimum Gasteiger partial charge on any atom is -0.378 e. The Labute approximate surface area is 390 Å². The van der Waals surface area contributed by atoms with Gasteiger partial charge in [-0.2, -0.15) is 0 Å². The maximum atomic E-state index is 4.09. The molecule has 1 atom stereocenters. The Morgan fingerprint density at radius 3 is 1.83 bits per heavy atom. The number of benzene rings is 9. The van der Waals surface area contributed by atoms with Crippen molar-refractivity contribution in [3.8, 4) is 22.3 Å². The van der Waals surface area contributed by atoms with Gasteiger partial charge in [0.05, 0.1) is 11.4 Å². The lowest BCUT2D eigenvalue weighted by Gasteiger charge is -2.42. The van der Waals surface area contributed by atoms with E-state index in [1.54, 1.807) is 0 Å². The molecule has 1 unspecified atom stereocenters. The lowest BCUT2D eigenvalue weighted by Crippen LogP contribution is -2.37. The highest BCUT2D eigenvalue weighted by Gasteiger charge is 2.37. The summed E-state index contributed by atoms with van der Waals surface area (Å²) in [7, 11) is 0. The maximum Gasteiger partial charge on any atom is 0.0502 e. The molecule has 0 bridgehead atoms. The summed E-state index contributed by atoms with van der Waals surface area (Å²) in [6.07, 6.45) is 5.91. The maximum absolute atomic E-state index is 4.09. The van der Waals surface area contributed by atoms with Crippen molar-refractivity contribution >= 4 is 56.4 Å². The van der Waals surface area contributed by atoms with Crippen LogP contribution in [0.5, 0.6) is 0 Å². The summed E-state index contributed by atoms with van der Waals surface area (Å²) in [5.74, 6) is 0. The third-order valence-corrected chi connectivity index (χ3v) is 14.7. The molecule has 324 valence electrons. The zero-order valence-corrected chi connectivity index (χ0v) is 39.3. The van der Waals surface area contributed by atoms with Gasteiger partial charge in [0.1, 0.15) is 0 Å². The number of anilines is 4. The molecule has 0 saturated carbocycles. The Morgan fingerprint density at radius 2 is 1.12 bits per heavy atom. The molecule has 1 aliphatic carbocycles. The molecule has 0 amide bonds. The summed E-state index contributed by atoms with van der Waals surface area (Å²) in [6, 6.07) is 70.3. The molecule has 0 spiro atoms. The quantitative estimate of drug-likeness (QED) is 0.172. The van der Waals surface area contributed by atoms with Crippen LogP contribution in [0.3, 0.4) is 0 Å². The molecule has 1 aliphatic heterocycles. The zero-order valence-electron chi connectivity index (χ0n) is 39.3. The second-order valence-electron chi connectivity index (χ2n) is 20.6. The summed E-state index contributed by atoms with van der Waals surface area (Å²) in [5, 5.41) is 11.7. The van der Waals surface area contributed by atoms with Crippen LogP contribution in [0.25, 0.3) is 56.0 Å². The molecular formula is C64H58N2. The van der Waals surface area contributed by atoms with Crippen molar-refractivity contribution in [3.63, 3.8) is 0 Å². The van der Waals surface area contributed by atoms with Gasteiger partial charge in [0.2, 0.25) is 0 Å². The molecule has 1 N–H and O–H groups in total. The monoisotopic (exact) mass is 854 g/mol. The Balaban J connectivity index is 1.18. The fraction of sp³-hybridized carbons (Fsp3) is 0.188. The van der Waals surface area contributed by atoms with E-state index in [4.69, 9.17) is 0 Å². The zero-order chi connectivity index (χ0) is 45.4. The molecule has 0 saturated heterocycles. The molecule has 11 rings (SSSR count). The van der Waals surface area contributed by atoms with Gasteiger partial charge in [-0.05, 0) is 130 Å². The van der Waals surface area contributed by atoms with E-state index < -0.39 is 0 Å². The van der Waals surface area contributed by atoms with Crippen molar-refractivity contribution in [1.82, 2.24) is 0 Å². The van der Waals surface area contributed by atoms with Gasteiger partial charge in [0, 0.05) is 28.2 Å². The van der Waals surface area contributed by atoms with Crippen LogP contribution in [0.4, 0.5) is 22.7 Å². The van der Waals surface area contributed by atoms with Crippen molar-refractivity contribution in [2.45, 2.75) is 77.2 Å². The normalized spacial score (nSPS) is 15.3. The fourth-order valence-electron chi connectivity index (χ4n) is 11.1. The summed E-state index contributed by atoms with van der Waals surface area (Å²) in [6.45, 7) is 16.3. The first-order valence-corrected chi connectivity index (χ1v) is 23.7. The van der Waals surface area contributed by atoms with Crippen LogP contribution in [0.15, 0.2) is 188 Å². The summed E-state index contributed by atoms with van der Waals surface area (Å²) in [5.41, 5.74) is 16.1. The molecular weight excluding hydrogens is 797 g/mol. The van der Waals surface area contributed by atoms with Gasteiger partial charge in [0.25, 0.3) is 0 Å². The Kier molecular flexibility index (Phi) is 9.93. The van der Waals surface area contributed by atoms with Crippen LogP contribution < -0.4 is 20.7 Å². The van der Waals surface area contributed by atoms with Crippen LogP contribution in [0, 0.1) is 0 Å². The first-order chi connectivity index (χ1) is 31.9. The summed E-state index contributed by atoms with van der Waals surface area (Å²) < 4.78 is 0. The highest BCUT2D eigenvalue weighted by molar-refractivity contribution is 6.09. The van der Waals surface area contributed by atoms with Gasteiger partial charge < -0.3 is 10.2 Å². The molecule has 2 heteroatoms. The van der Waals surface area contributed by atoms with Gasteiger partial charge in [-0.3, -0.25) is 0 Å². The van der Waals surface area contributed by atoms with Crippen LogP contribution >= 0.6 is 0 Å². The Bertz CT molecular complexity index is 3410. The van der Waals surface area contributed by atoms with Gasteiger partial charge in [-0.15, -0.1) is 0 Å². The van der Waals surface area contributed by atoms with Crippen LogP contribution in [0.2, 0.25) is 0 Å². The second-order valence-corrected chi connectivity index (χ2v) is 20.6.